The van der Waals surface area contributed by atoms with E-state index in [9.17, 15) is 4.79 Å². The molecule has 100 valence electrons. The molecule has 0 heterocycles. The number of aliphatic carboxylic acids is 1. The van der Waals surface area contributed by atoms with Gasteiger partial charge in [-0.15, -0.1) is 0 Å². The minimum Gasteiger partial charge on any atom is -0.478 e. The van der Waals surface area contributed by atoms with E-state index in [2.05, 4.69) is 33.4 Å². The number of carbonyl (C=O) groups is 1. The second-order valence-corrected chi connectivity index (χ2v) is 4.56. The first kappa shape index (κ1) is 18.3. The highest BCUT2D eigenvalue weighted by molar-refractivity contribution is 5.84. The summed E-state index contributed by atoms with van der Waals surface area (Å²) < 4.78 is 0. The van der Waals surface area contributed by atoms with Crippen LogP contribution in [-0.4, -0.2) is 22.8 Å². The molecule has 1 atom stereocenters. The third-order valence-electron chi connectivity index (χ3n) is 2.20. The summed E-state index contributed by atoms with van der Waals surface area (Å²) in [5.41, 5.74) is 1.57. The van der Waals surface area contributed by atoms with E-state index in [1.54, 1.807) is 0 Å². The highest BCUT2D eigenvalue weighted by Crippen LogP contribution is 2.10. The average molecular weight is 242 g/mol. The SMILES string of the molecule is C=C(C)C(=O)O.CC(C)=CCCC(C)CCO. The summed E-state index contributed by atoms with van der Waals surface area (Å²) in [7, 11) is 0. The Hall–Kier alpha value is -1.09. The van der Waals surface area contributed by atoms with Crippen LogP contribution in [0.2, 0.25) is 0 Å². The van der Waals surface area contributed by atoms with Gasteiger partial charge in [0.25, 0.3) is 0 Å². The zero-order chi connectivity index (χ0) is 13.8. The van der Waals surface area contributed by atoms with Gasteiger partial charge in [-0.1, -0.05) is 25.2 Å². The molecule has 3 heteroatoms. The lowest BCUT2D eigenvalue weighted by Gasteiger charge is -2.06. The van der Waals surface area contributed by atoms with E-state index in [1.807, 2.05) is 0 Å². The van der Waals surface area contributed by atoms with Crippen LogP contribution >= 0.6 is 0 Å². The molecule has 17 heavy (non-hydrogen) atoms. The number of aliphatic hydroxyl groups is 1. The van der Waals surface area contributed by atoms with Crippen LogP contribution in [0.15, 0.2) is 23.8 Å². The van der Waals surface area contributed by atoms with Gasteiger partial charge in [-0.3, -0.25) is 0 Å². The second-order valence-electron chi connectivity index (χ2n) is 4.56. The fourth-order valence-corrected chi connectivity index (χ4v) is 1.02. The molecule has 0 aliphatic carbocycles. The zero-order valence-electron chi connectivity index (χ0n) is 11.5. The van der Waals surface area contributed by atoms with Crippen LogP contribution in [0.5, 0.6) is 0 Å². The molecular weight excluding hydrogens is 216 g/mol. The van der Waals surface area contributed by atoms with E-state index in [4.69, 9.17) is 10.2 Å². The number of aliphatic hydroxyl groups excluding tert-OH is 1. The van der Waals surface area contributed by atoms with Gasteiger partial charge in [0, 0.05) is 12.2 Å². The van der Waals surface area contributed by atoms with Crippen LogP contribution in [0.25, 0.3) is 0 Å². The Bertz CT molecular complexity index is 238. The molecular formula is C14H26O3. The first-order valence-electron chi connectivity index (χ1n) is 5.94. The lowest BCUT2D eigenvalue weighted by molar-refractivity contribution is -0.132. The van der Waals surface area contributed by atoms with Gasteiger partial charge in [0.15, 0.2) is 0 Å². The smallest absolute Gasteiger partial charge is 0.330 e. The Balaban J connectivity index is 0. The van der Waals surface area contributed by atoms with E-state index in [0.29, 0.717) is 12.5 Å². The van der Waals surface area contributed by atoms with Crippen molar-refractivity contribution in [2.75, 3.05) is 6.61 Å². The van der Waals surface area contributed by atoms with Crippen LogP contribution in [0.4, 0.5) is 0 Å². The third kappa shape index (κ3) is 17.5. The molecule has 0 saturated carbocycles. The minimum absolute atomic E-state index is 0.176. The van der Waals surface area contributed by atoms with Crippen molar-refractivity contribution in [1.29, 1.82) is 0 Å². The quantitative estimate of drug-likeness (QED) is 0.554. The summed E-state index contributed by atoms with van der Waals surface area (Å²) in [5.74, 6) is -0.273. The fourth-order valence-electron chi connectivity index (χ4n) is 1.02. The van der Waals surface area contributed by atoms with Crippen molar-refractivity contribution in [3.05, 3.63) is 23.8 Å². The lowest BCUT2D eigenvalue weighted by Crippen LogP contribution is -1.96. The second kappa shape index (κ2) is 11.4. The number of carboxylic acids is 1. The summed E-state index contributed by atoms with van der Waals surface area (Å²) in [5, 5.41) is 16.5. The zero-order valence-corrected chi connectivity index (χ0v) is 11.5. The predicted molar refractivity (Wildman–Crippen MR) is 72.0 cm³/mol. The monoisotopic (exact) mass is 242 g/mol. The first-order chi connectivity index (χ1) is 7.81. The van der Waals surface area contributed by atoms with E-state index in [0.717, 1.165) is 12.8 Å². The molecule has 0 aromatic rings. The third-order valence-corrected chi connectivity index (χ3v) is 2.20. The minimum atomic E-state index is -0.935. The number of rotatable bonds is 6. The van der Waals surface area contributed by atoms with E-state index in [-0.39, 0.29) is 5.57 Å². The highest BCUT2D eigenvalue weighted by atomic mass is 16.4. The first-order valence-corrected chi connectivity index (χ1v) is 5.94. The molecule has 2 N–H and O–H groups in total. The summed E-state index contributed by atoms with van der Waals surface area (Å²) in [6.07, 6.45) is 5.56. The molecule has 0 amide bonds. The highest BCUT2D eigenvalue weighted by Gasteiger charge is 1.98. The molecule has 0 aliphatic heterocycles. The fraction of sp³-hybridized carbons (Fsp3) is 0.643. The van der Waals surface area contributed by atoms with Crippen molar-refractivity contribution in [3.63, 3.8) is 0 Å². The van der Waals surface area contributed by atoms with Gasteiger partial charge in [0.1, 0.15) is 0 Å². The predicted octanol–water partition coefficient (Wildman–Crippen LogP) is 3.40. The number of hydrogen-bond donors (Lipinski definition) is 2. The maximum Gasteiger partial charge on any atom is 0.330 e. The molecule has 0 radical (unpaired) electrons. The molecule has 0 aromatic heterocycles. The van der Waals surface area contributed by atoms with Gasteiger partial charge in [0.05, 0.1) is 0 Å². The summed E-state index contributed by atoms with van der Waals surface area (Å²) in [4.78, 5) is 9.60. The maximum atomic E-state index is 9.60. The standard InChI is InChI=1S/C10H20O.C4H6O2/c1-9(2)5-4-6-10(3)7-8-11;1-3(2)4(5)6/h5,10-11H,4,6-8H2,1-3H3;1H2,2H3,(H,5,6). The normalized spacial score (nSPS) is 10.9. The molecule has 0 aromatic carbocycles. The number of hydrogen-bond acceptors (Lipinski definition) is 2. The van der Waals surface area contributed by atoms with Crippen molar-refractivity contribution in [3.8, 4) is 0 Å². The Morgan fingerprint density at radius 1 is 1.29 bits per heavy atom. The molecule has 0 aliphatic rings. The summed E-state index contributed by atoms with van der Waals surface area (Å²) in [6.45, 7) is 11.4. The van der Waals surface area contributed by atoms with E-state index in [1.165, 1.54) is 18.9 Å². The Kier molecular flexibility index (Phi) is 12.3. The van der Waals surface area contributed by atoms with Crippen LogP contribution in [0.3, 0.4) is 0 Å². The average Bonchev–Trinajstić information content (AvgIpc) is 2.18. The van der Waals surface area contributed by atoms with Gasteiger partial charge < -0.3 is 10.2 Å². The van der Waals surface area contributed by atoms with E-state index < -0.39 is 5.97 Å². The van der Waals surface area contributed by atoms with E-state index >= 15 is 0 Å². The Labute approximate surface area is 105 Å². The molecule has 0 saturated heterocycles. The lowest BCUT2D eigenvalue weighted by atomic mass is 10.0. The van der Waals surface area contributed by atoms with Crippen LogP contribution in [-0.2, 0) is 4.79 Å². The molecule has 0 fully saturated rings. The van der Waals surface area contributed by atoms with Crippen molar-refractivity contribution in [2.45, 2.75) is 47.0 Å². The van der Waals surface area contributed by atoms with Crippen molar-refractivity contribution < 1.29 is 15.0 Å². The number of carboxylic acid groups (broad SMARTS) is 1. The van der Waals surface area contributed by atoms with Crippen LogP contribution < -0.4 is 0 Å². The van der Waals surface area contributed by atoms with Gasteiger partial charge in [-0.25, -0.2) is 4.79 Å². The summed E-state index contributed by atoms with van der Waals surface area (Å²) in [6, 6.07) is 0. The number of allylic oxidation sites excluding steroid dienone is 2. The molecule has 0 spiro atoms. The van der Waals surface area contributed by atoms with Crippen molar-refractivity contribution in [2.24, 2.45) is 5.92 Å². The van der Waals surface area contributed by atoms with Gasteiger partial charge in [0.2, 0.25) is 0 Å². The molecule has 0 rings (SSSR count). The van der Waals surface area contributed by atoms with Gasteiger partial charge >= 0.3 is 5.97 Å². The maximum absolute atomic E-state index is 9.60. The molecule has 0 bridgehead atoms. The van der Waals surface area contributed by atoms with Crippen molar-refractivity contribution >= 4 is 5.97 Å². The summed E-state index contributed by atoms with van der Waals surface area (Å²) >= 11 is 0. The largest absolute Gasteiger partial charge is 0.478 e. The Morgan fingerprint density at radius 3 is 2.06 bits per heavy atom. The van der Waals surface area contributed by atoms with Gasteiger partial charge in [-0.05, 0) is 46.0 Å². The molecule has 3 nitrogen and oxygen atoms in total. The van der Waals surface area contributed by atoms with Crippen molar-refractivity contribution in [1.82, 2.24) is 0 Å². The van der Waals surface area contributed by atoms with Crippen LogP contribution in [0, 0.1) is 5.92 Å². The topological polar surface area (TPSA) is 57.5 Å². The van der Waals surface area contributed by atoms with Crippen LogP contribution in [0.1, 0.15) is 47.0 Å². The Morgan fingerprint density at radius 2 is 1.76 bits per heavy atom. The van der Waals surface area contributed by atoms with Gasteiger partial charge in [-0.2, -0.15) is 0 Å². The molecule has 1 unspecified atom stereocenters.